The van der Waals surface area contributed by atoms with Crippen LogP contribution in [0, 0.1) is 0 Å². The Hall–Kier alpha value is -3.02. The first-order chi connectivity index (χ1) is 11.0. The lowest BCUT2D eigenvalue weighted by molar-refractivity contribution is 0.0686. The molecule has 0 aromatic heterocycles. The number of nitrogens with zero attached hydrogens (tertiary/aromatic N) is 2. The second kappa shape index (κ2) is 4.74. The average molecular weight is 310 g/mol. The van der Waals surface area contributed by atoms with Gasteiger partial charge in [0, 0.05) is 24.5 Å². The third kappa shape index (κ3) is 2.11. The standard InChI is InChI=1S/C17H14N2O4/c20-16(21)10-1-3-14-12(5-10)7-19-9-18(14)8-13-6-11(17(22)23)2-4-15(13)19/h1-6H,7-9H2,(H,20,21)(H,22,23). The van der Waals surface area contributed by atoms with E-state index in [-0.39, 0.29) is 11.1 Å². The zero-order valence-corrected chi connectivity index (χ0v) is 12.2. The third-order valence-electron chi connectivity index (χ3n) is 4.40. The molecular weight excluding hydrogens is 296 g/mol. The van der Waals surface area contributed by atoms with Crippen LogP contribution in [0.1, 0.15) is 31.8 Å². The Bertz CT molecular complexity index is 777. The molecule has 0 amide bonds. The van der Waals surface area contributed by atoms with Gasteiger partial charge >= 0.3 is 11.9 Å². The summed E-state index contributed by atoms with van der Waals surface area (Å²) in [5.41, 5.74) is 4.55. The molecule has 0 fully saturated rings. The molecule has 2 aliphatic heterocycles. The molecule has 2 aromatic rings. The van der Waals surface area contributed by atoms with Gasteiger partial charge in [0.2, 0.25) is 0 Å². The summed E-state index contributed by atoms with van der Waals surface area (Å²) in [5, 5.41) is 18.3. The first kappa shape index (κ1) is 13.6. The maximum atomic E-state index is 11.2. The predicted molar refractivity (Wildman–Crippen MR) is 84.0 cm³/mol. The van der Waals surface area contributed by atoms with Gasteiger partial charge in [-0.2, -0.15) is 0 Å². The molecule has 0 saturated heterocycles. The van der Waals surface area contributed by atoms with Crippen molar-refractivity contribution in [2.45, 2.75) is 13.1 Å². The molecule has 23 heavy (non-hydrogen) atoms. The highest BCUT2D eigenvalue weighted by Crippen LogP contribution is 2.38. The van der Waals surface area contributed by atoms with Crippen LogP contribution in [0.15, 0.2) is 36.4 Å². The van der Waals surface area contributed by atoms with Crippen molar-refractivity contribution in [1.29, 1.82) is 0 Å². The molecule has 6 heteroatoms. The van der Waals surface area contributed by atoms with Crippen LogP contribution >= 0.6 is 0 Å². The molecule has 0 aliphatic carbocycles. The molecule has 0 unspecified atom stereocenters. The Morgan fingerprint density at radius 1 is 0.783 bits per heavy atom. The molecule has 116 valence electrons. The molecule has 2 aliphatic rings. The summed E-state index contributed by atoms with van der Waals surface area (Å²) in [6, 6.07) is 10.3. The fraction of sp³-hybridized carbons (Fsp3) is 0.176. The van der Waals surface area contributed by atoms with Crippen LogP contribution in [0.2, 0.25) is 0 Å². The molecule has 2 bridgehead atoms. The maximum absolute atomic E-state index is 11.2. The number of anilines is 2. The normalized spacial score (nSPS) is 15.0. The number of carboxylic acids is 2. The molecule has 4 rings (SSSR count). The van der Waals surface area contributed by atoms with Crippen LogP contribution < -0.4 is 9.80 Å². The van der Waals surface area contributed by atoms with Gasteiger partial charge in [-0.1, -0.05) is 0 Å². The minimum Gasteiger partial charge on any atom is -0.478 e. The number of hydrogen-bond acceptors (Lipinski definition) is 4. The van der Waals surface area contributed by atoms with Crippen molar-refractivity contribution < 1.29 is 19.8 Å². The van der Waals surface area contributed by atoms with Crippen molar-refractivity contribution in [2.75, 3.05) is 16.5 Å². The minimum absolute atomic E-state index is 0.285. The van der Waals surface area contributed by atoms with Crippen LogP contribution in [0.4, 0.5) is 11.4 Å². The van der Waals surface area contributed by atoms with Crippen LogP contribution in [-0.2, 0) is 13.1 Å². The molecule has 0 spiro atoms. The zero-order valence-electron chi connectivity index (χ0n) is 12.2. The lowest BCUT2D eigenvalue weighted by atomic mass is 9.98. The van der Waals surface area contributed by atoms with E-state index < -0.39 is 11.9 Å². The summed E-state index contributed by atoms with van der Waals surface area (Å²) < 4.78 is 0. The van der Waals surface area contributed by atoms with E-state index in [2.05, 4.69) is 9.80 Å². The fourth-order valence-electron chi connectivity index (χ4n) is 3.35. The van der Waals surface area contributed by atoms with Gasteiger partial charge in [0.15, 0.2) is 0 Å². The highest BCUT2D eigenvalue weighted by atomic mass is 16.4. The Morgan fingerprint density at radius 2 is 1.22 bits per heavy atom. The van der Waals surface area contributed by atoms with E-state index in [0.717, 1.165) is 29.2 Å². The summed E-state index contributed by atoms with van der Waals surface area (Å²) in [4.78, 5) is 26.6. The summed E-state index contributed by atoms with van der Waals surface area (Å²) >= 11 is 0. The topological polar surface area (TPSA) is 81.1 Å². The Kier molecular flexibility index (Phi) is 2.81. The zero-order chi connectivity index (χ0) is 16.1. The highest BCUT2D eigenvalue weighted by molar-refractivity contribution is 5.90. The quantitative estimate of drug-likeness (QED) is 0.886. The van der Waals surface area contributed by atoms with Crippen LogP contribution in [0.25, 0.3) is 0 Å². The molecule has 0 radical (unpaired) electrons. The van der Waals surface area contributed by atoms with Crippen molar-refractivity contribution in [1.82, 2.24) is 0 Å². The van der Waals surface area contributed by atoms with Crippen molar-refractivity contribution in [3.8, 4) is 0 Å². The van der Waals surface area contributed by atoms with E-state index in [1.54, 1.807) is 24.3 Å². The van der Waals surface area contributed by atoms with Gasteiger partial charge in [-0.25, -0.2) is 9.59 Å². The van der Waals surface area contributed by atoms with E-state index in [0.29, 0.717) is 13.1 Å². The Morgan fingerprint density at radius 3 is 1.61 bits per heavy atom. The second-order valence-electron chi connectivity index (χ2n) is 5.83. The van der Waals surface area contributed by atoms with Gasteiger partial charge in [0.05, 0.1) is 17.8 Å². The van der Waals surface area contributed by atoms with E-state index in [1.807, 2.05) is 12.1 Å². The Balaban J connectivity index is 1.76. The molecule has 6 nitrogen and oxygen atoms in total. The van der Waals surface area contributed by atoms with Crippen LogP contribution in [-0.4, -0.2) is 28.8 Å². The summed E-state index contributed by atoms with van der Waals surface area (Å²) in [5.74, 6) is -1.86. The second-order valence-corrected chi connectivity index (χ2v) is 5.83. The molecule has 2 N–H and O–H groups in total. The van der Waals surface area contributed by atoms with Crippen LogP contribution in [0.3, 0.4) is 0 Å². The SMILES string of the molecule is O=C(O)c1ccc2c(c1)CN1CN2Cc2cc(C(=O)O)ccc21. The van der Waals surface area contributed by atoms with Crippen molar-refractivity contribution in [3.05, 3.63) is 58.7 Å². The number of fused-ring (bicyclic) bond motifs is 6. The van der Waals surface area contributed by atoms with Crippen molar-refractivity contribution >= 4 is 23.3 Å². The van der Waals surface area contributed by atoms with Gasteiger partial charge < -0.3 is 20.0 Å². The first-order valence-electron chi connectivity index (χ1n) is 7.25. The van der Waals surface area contributed by atoms with Gasteiger partial charge in [-0.05, 0) is 47.5 Å². The average Bonchev–Trinajstić information content (AvgIpc) is 2.53. The number of aromatic carboxylic acids is 2. The maximum Gasteiger partial charge on any atom is 0.335 e. The molecule has 2 heterocycles. The lowest BCUT2D eigenvalue weighted by Crippen LogP contribution is -2.46. The summed E-state index contributed by atoms with van der Waals surface area (Å²) in [7, 11) is 0. The summed E-state index contributed by atoms with van der Waals surface area (Å²) in [6.45, 7) is 1.96. The monoisotopic (exact) mass is 310 g/mol. The van der Waals surface area contributed by atoms with Gasteiger partial charge in [0.25, 0.3) is 0 Å². The Labute approximate surface area is 132 Å². The van der Waals surface area contributed by atoms with E-state index in [4.69, 9.17) is 10.2 Å². The number of hydrogen-bond donors (Lipinski definition) is 2. The van der Waals surface area contributed by atoms with E-state index in [1.165, 1.54) is 0 Å². The third-order valence-corrected chi connectivity index (χ3v) is 4.40. The number of benzene rings is 2. The molecule has 0 atom stereocenters. The van der Waals surface area contributed by atoms with Gasteiger partial charge in [-0.15, -0.1) is 0 Å². The van der Waals surface area contributed by atoms with Crippen LogP contribution in [0.5, 0.6) is 0 Å². The largest absolute Gasteiger partial charge is 0.478 e. The van der Waals surface area contributed by atoms with E-state index >= 15 is 0 Å². The van der Waals surface area contributed by atoms with E-state index in [9.17, 15) is 9.59 Å². The summed E-state index contributed by atoms with van der Waals surface area (Å²) in [6.07, 6.45) is 0. The van der Waals surface area contributed by atoms with Gasteiger partial charge in [0.1, 0.15) is 0 Å². The molecule has 2 aromatic carbocycles. The van der Waals surface area contributed by atoms with Gasteiger partial charge in [-0.3, -0.25) is 0 Å². The lowest BCUT2D eigenvalue weighted by Gasteiger charge is -2.44. The highest BCUT2D eigenvalue weighted by Gasteiger charge is 2.30. The number of rotatable bonds is 2. The van der Waals surface area contributed by atoms with Crippen molar-refractivity contribution in [2.24, 2.45) is 0 Å². The minimum atomic E-state index is -0.931. The predicted octanol–water partition coefficient (Wildman–Crippen LogP) is 2.38. The molecule has 0 saturated carbocycles. The van der Waals surface area contributed by atoms with Crippen molar-refractivity contribution in [3.63, 3.8) is 0 Å². The fourth-order valence-corrected chi connectivity index (χ4v) is 3.35. The number of carbonyl (C=O) groups is 2. The molecular formula is C17H14N2O4. The first-order valence-corrected chi connectivity index (χ1v) is 7.25. The smallest absolute Gasteiger partial charge is 0.335 e. The number of carboxylic acid groups (broad SMARTS) is 2.